The van der Waals surface area contributed by atoms with Gasteiger partial charge in [0.2, 0.25) is 0 Å². The van der Waals surface area contributed by atoms with E-state index in [9.17, 15) is 18.4 Å². The number of hydrogen-bond acceptors (Lipinski definition) is 4. The van der Waals surface area contributed by atoms with Crippen LogP contribution in [0.5, 0.6) is 11.5 Å². The van der Waals surface area contributed by atoms with Gasteiger partial charge in [0.15, 0.2) is 0 Å². The van der Waals surface area contributed by atoms with Gasteiger partial charge in [-0.1, -0.05) is 17.7 Å². The lowest BCUT2D eigenvalue weighted by Gasteiger charge is -2.13. The Kier molecular flexibility index (Phi) is 6.41. The predicted molar refractivity (Wildman–Crippen MR) is 107 cm³/mol. The average Bonchev–Trinajstić information content (AvgIpc) is 2.74. The Bertz CT molecular complexity index is 1080. The van der Waals surface area contributed by atoms with Crippen LogP contribution in [0.4, 0.5) is 8.78 Å². The molecule has 30 heavy (non-hydrogen) atoms. The Morgan fingerprint density at radius 1 is 0.933 bits per heavy atom. The molecule has 0 bridgehead atoms. The molecule has 0 atom stereocenters. The molecule has 0 heterocycles. The van der Waals surface area contributed by atoms with Crippen molar-refractivity contribution in [3.8, 4) is 11.5 Å². The van der Waals surface area contributed by atoms with Crippen molar-refractivity contribution in [1.29, 1.82) is 0 Å². The van der Waals surface area contributed by atoms with Crippen molar-refractivity contribution in [3.63, 3.8) is 0 Å². The molecule has 0 spiro atoms. The monoisotopic (exact) mass is 411 g/mol. The van der Waals surface area contributed by atoms with Crippen LogP contribution in [0.2, 0.25) is 0 Å². The summed E-state index contributed by atoms with van der Waals surface area (Å²) in [5.74, 6) is -1.63. The van der Waals surface area contributed by atoms with E-state index in [4.69, 9.17) is 4.74 Å². The number of halogens is 2. The molecule has 3 aromatic carbocycles. The van der Waals surface area contributed by atoms with Crippen molar-refractivity contribution in [3.05, 3.63) is 94.6 Å². The van der Waals surface area contributed by atoms with E-state index in [2.05, 4.69) is 10.1 Å². The molecule has 0 aliphatic rings. The first-order chi connectivity index (χ1) is 14.4. The fraction of sp³-hybridized carbons (Fsp3) is 0.130. The molecule has 1 N–H and O–H groups in total. The topological polar surface area (TPSA) is 64.6 Å². The summed E-state index contributed by atoms with van der Waals surface area (Å²) in [5, 5.41) is 2.71. The Morgan fingerprint density at radius 2 is 1.67 bits per heavy atom. The molecule has 3 rings (SSSR count). The zero-order valence-electron chi connectivity index (χ0n) is 16.4. The summed E-state index contributed by atoms with van der Waals surface area (Å²) in [5.41, 5.74) is 1.43. The second kappa shape index (κ2) is 9.17. The summed E-state index contributed by atoms with van der Waals surface area (Å²) in [6, 6.07) is 14.5. The van der Waals surface area contributed by atoms with Crippen molar-refractivity contribution < 1.29 is 27.8 Å². The Balaban J connectivity index is 1.75. The highest BCUT2D eigenvalue weighted by molar-refractivity contribution is 5.97. The number of amides is 1. The summed E-state index contributed by atoms with van der Waals surface area (Å²) < 4.78 is 37.4. The number of aryl methyl sites for hydroxylation is 1. The van der Waals surface area contributed by atoms with Crippen molar-refractivity contribution in [2.75, 3.05) is 7.11 Å². The second-order valence-electron chi connectivity index (χ2n) is 6.54. The standard InChI is InChI=1S/C23H19F2NO4/c1-14-3-10-21(30-17-7-5-16(24)6-8-17)19(11-14)22(27)26-13-15-4-9-18(20(25)12-15)23(28)29-2/h3-12H,13H2,1-2H3,(H,26,27). The van der Waals surface area contributed by atoms with E-state index in [0.717, 1.165) is 5.56 Å². The molecule has 0 fully saturated rings. The van der Waals surface area contributed by atoms with Crippen molar-refractivity contribution in [1.82, 2.24) is 5.32 Å². The van der Waals surface area contributed by atoms with E-state index >= 15 is 0 Å². The first-order valence-corrected chi connectivity index (χ1v) is 9.06. The van der Waals surface area contributed by atoms with Crippen LogP contribution in [0, 0.1) is 18.6 Å². The number of esters is 1. The molecule has 0 radical (unpaired) electrons. The zero-order valence-corrected chi connectivity index (χ0v) is 16.4. The van der Waals surface area contributed by atoms with E-state index in [1.165, 1.54) is 49.6 Å². The fourth-order valence-electron chi connectivity index (χ4n) is 2.76. The van der Waals surface area contributed by atoms with Gasteiger partial charge in [-0.2, -0.15) is 0 Å². The number of hydrogen-bond donors (Lipinski definition) is 1. The molecule has 0 unspecified atom stereocenters. The third kappa shape index (κ3) is 5.00. The van der Waals surface area contributed by atoms with Gasteiger partial charge in [-0.25, -0.2) is 13.6 Å². The van der Waals surface area contributed by atoms with Crippen molar-refractivity contribution >= 4 is 11.9 Å². The molecular weight excluding hydrogens is 392 g/mol. The highest BCUT2D eigenvalue weighted by Crippen LogP contribution is 2.26. The minimum Gasteiger partial charge on any atom is -0.465 e. The SMILES string of the molecule is COC(=O)c1ccc(CNC(=O)c2cc(C)ccc2Oc2ccc(F)cc2)cc1F. The van der Waals surface area contributed by atoms with Gasteiger partial charge in [-0.3, -0.25) is 4.79 Å². The van der Waals surface area contributed by atoms with Gasteiger partial charge in [-0.05, 0) is 61.0 Å². The maximum Gasteiger partial charge on any atom is 0.340 e. The fourth-order valence-corrected chi connectivity index (χ4v) is 2.76. The van der Waals surface area contributed by atoms with Gasteiger partial charge < -0.3 is 14.8 Å². The molecule has 1 amide bonds. The molecule has 0 saturated carbocycles. The molecule has 0 aliphatic heterocycles. The van der Waals surface area contributed by atoms with E-state index in [1.807, 2.05) is 6.92 Å². The quantitative estimate of drug-likeness (QED) is 0.593. The highest BCUT2D eigenvalue weighted by atomic mass is 19.1. The number of benzene rings is 3. The lowest BCUT2D eigenvalue weighted by atomic mass is 10.1. The smallest absolute Gasteiger partial charge is 0.340 e. The van der Waals surface area contributed by atoms with E-state index in [-0.39, 0.29) is 17.7 Å². The van der Waals surface area contributed by atoms with Crippen molar-refractivity contribution in [2.45, 2.75) is 13.5 Å². The molecule has 5 nitrogen and oxygen atoms in total. The lowest BCUT2D eigenvalue weighted by molar-refractivity contribution is 0.0595. The number of carbonyl (C=O) groups is 2. The Morgan fingerprint density at radius 3 is 2.33 bits per heavy atom. The van der Waals surface area contributed by atoms with E-state index < -0.39 is 23.5 Å². The van der Waals surface area contributed by atoms with Gasteiger partial charge in [0.1, 0.15) is 23.1 Å². The highest BCUT2D eigenvalue weighted by Gasteiger charge is 2.16. The zero-order chi connectivity index (χ0) is 21.7. The largest absolute Gasteiger partial charge is 0.465 e. The summed E-state index contributed by atoms with van der Waals surface area (Å²) >= 11 is 0. The van der Waals surface area contributed by atoms with Gasteiger partial charge in [0.25, 0.3) is 5.91 Å². The number of ether oxygens (including phenoxy) is 2. The van der Waals surface area contributed by atoms with Crippen LogP contribution in [0.15, 0.2) is 60.7 Å². The molecular formula is C23H19F2NO4. The van der Waals surface area contributed by atoms with Gasteiger partial charge >= 0.3 is 5.97 Å². The first kappa shape index (κ1) is 21.0. The lowest BCUT2D eigenvalue weighted by Crippen LogP contribution is -2.23. The number of rotatable bonds is 6. The molecule has 154 valence electrons. The first-order valence-electron chi connectivity index (χ1n) is 9.06. The van der Waals surface area contributed by atoms with Crippen LogP contribution in [0.3, 0.4) is 0 Å². The second-order valence-corrected chi connectivity index (χ2v) is 6.54. The maximum absolute atomic E-state index is 14.1. The van der Waals surface area contributed by atoms with Crippen LogP contribution in [0.1, 0.15) is 31.8 Å². The molecule has 0 aromatic heterocycles. The van der Waals surface area contributed by atoms with Crippen LogP contribution >= 0.6 is 0 Å². The Hall–Kier alpha value is -3.74. The summed E-state index contributed by atoms with van der Waals surface area (Å²) in [6.45, 7) is 1.88. The van der Waals surface area contributed by atoms with Gasteiger partial charge in [0.05, 0.1) is 18.2 Å². The molecule has 0 aliphatic carbocycles. The predicted octanol–water partition coefficient (Wildman–Crippen LogP) is 4.78. The third-order valence-corrected chi connectivity index (χ3v) is 4.31. The summed E-state index contributed by atoms with van der Waals surface area (Å²) in [4.78, 5) is 24.2. The minimum absolute atomic E-state index is 0.0428. The number of methoxy groups -OCH3 is 1. The van der Waals surface area contributed by atoms with Gasteiger partial charge in [0, 0.05) is 6.54 Å². The number of nitrogens with one attached hydrogen (secondary N) is 1. The van der Waals surface area contributed by atoms with Crippen LogP contribution in [-0.2, 0) is 11.3 Å². The molecule has 3 aromatic rings. The Labute approximate surface area is 172 Å². The normalized spacial score (nSPS) is 10.4. The van der Waals surface area contributed by atoms with Crippen LogP contribution < -0.4 is 10.1 Å². The van der Waals surface area contributed by atoms with Crippen LogP contribution in [-0.4, -0.2) is 19.0 Å². The number of carbonyl (C=O) groups excluding carboxylic acids is 2. The minimum atomic E-state index is -0.773. The maximum atomic E-state index is 14.1. The average molecular weight is 411 g/mol. The van der Waals surface area contributed by atoms with E-state index in [0.29, 0.717) is 17.1 Å². The van der Waals surface area contributed by atoms with Crippen LogP contribution in [0.25, 0.3) is 0 Å². The summed E-state index contributed by atoms with van der Waals surface area (Å²) in [7, 11) is 1.17. The molecule has 7 heteroatoms. The summed E-state index contributed by atoms with van der Waals surface area (Å²) in [6.07, 6.45) is 0. The molecule has 0 saturated heterocycles. The van der Waals surface area contributed by atoms with Crippen molar-refractivity contribution in [2.24, 2.45) is 0 Å². The van der Waals surface area contributed by atoms with Gasteiger partial charge in [-0.15, -0.1) is 0 Å². The third-order valence-electron chi connectivity index (χ3n) is 4.31. The van der Waals surface area contributed by atoms with E-state index in [1.54, 1.807) is 18.2 Å².